The second kappa shape index (κ2) is 4.26. The van der Waals surface area contributed by atoms with Gasteiger partial charge >= 0.3 is 0 Å². The molecule has 1 radical (unpaired) electrons. The topological polar surface area (TPSA) is 0 Å². The van der Waals surface area contributed by atoms with Crippen LogP contribution in [0.1, 0.15) is 5.56 Å². The van der Waals surface area contributed by atoms with Gasteiger partial charge in [-0.3, -0.25) is 0 Å². The maximum atomic E-state index is 6.10. The minimum absolute atomic E-state index is 0.558. The van der Waals surface area contributed by atoms with Crippen LogP contribution < -0.4 is 0 Å². The summed E-state index contributed by atoms with van der Waals surface area (Å²) in [5.41, 5.74) is 3.11. The summed E-state index contributed by atoms with van der Waals surface area (Å²) in [6, 6.07) is 14.7. The minimum atomic E-state index is 0.558. The Morgan fingerprint density at radius 2 is 1.67 bits per heavy atom. The van der Waals surface area contributed by atoms with Crippen LogP contribution in [0.5, 0.6) is 0 Å². The molecule has 0 amide bonds. The highest BCUT2D eigenvalue weighted by molar-refractivity contribution is 6.43. The number of aryl methyl sites for hydroxylation is 1. The van der Waals surface area contributed by atoms with Gasteiger partial charge in [0.25, 0.3) is 0 Å². The zero-order chi connectivity index (χ0) is 10.8. The molecule has 0 nitrogen and oxygen atoms in total. The van der Waals surface area contributed by atoms with Crippen molar-refractivity contribution in [1.29, 1.82) is 0 Å². The third-order valence-electron chi connectivity index (χ3n) is 2.23. The second-order valence-corrected chi connectivity index (χ2v) is 4.17. The average Bonchev–Trinajstić information content (AvgIpc) is 2.24. The first kappa shape index (κ1) is 10.5. The standard InChI is InChI=1S/C13H9Cl2/c1-9-5-7-10(8-6-9)11-3-2-4-12(14)13(11)15/h2,4-8H,1H3. The van der Waals surface area contributed by atoms with E-state index in [-0.39, 0.29) is 0 Å². The van der Waals surface area contributed by atoms with E-state index < -0.39 is 0 Å². The molecule has 2 aromatic rings. The summed E-state index contributed by atoms with van der Waals surface area (Å²) < 4.78 is 0. The van der Waals surface area contributed by atoms with E-state index in [9.17, 15) is 0 Å². The Morgan fingerprint density at radius 1 is 1.00 bits per heavy atom. The highest BCUT2D eigenvalue weighted by Gasteiger charge is 2.06. The largest absolute Gasteiger partial charge is 0.0827 e. The fourth-order valence-electron chi connectivity index (χ4n) is 1.38. The van der Waals surface area contributed by atoms with Crippen LogP contribution in [-0.2, 0) is 0 Å². The van der Waals surface area contributed by atoms with Gasteiger partial charge in [0.15, 0.2) is 0 Å². The minimum Gasteiger partial charge on any atom is -0.0827 e. The van der Waals surface area contributed by atoms with Crippen LogP contribution >= 0.6 is 23.2 Å². The summed E-state index contributed by atoms with van der Waals surface area (Å²) in [6.45, 7) is 2.05. The van der Waals surface area contributed by atoms with Crippen molar-refractivity contribution in [3.63, 3.8) is 0 Å². The summed E-state index contributed by atoms with van der Waals surface area (Å²) in [6.07, 6.45) is 0. The Kier molecular flexibility index (Phi) is 2.99. The molecule has 0 bridgehead atoms. The van der Waals surface area contributed by atoms with Crippen LogP contribution in [0.25, 0.3) is 11.1 Å². The molecule has 0 fully saturated rings. The Labute approximate surface area is 99.5 Å². The van der Waals surface area contributed by atoms with Gasteiger partial charge < -0.3 is 0 Å². The molecule has 0 aliphatic heterocycles. The molecule has 0 unspecified atom stereocenters. The van der Waals surface area contributed by atoms with Gasteiger partial charge in [0.05, 0.1) is 10.0 Å². The van der Waals surface area contributed by atoms with Crippen molar-refractivity contribution in [3.05, 3.63) is 58.1 Å². The number of benzene rings is 2. The van der Waals surface area contributed by atoms with E-state index in [0.29, 0.717) is 10.0 Å². The first-order valence-corrected chi connectivity index (χ1v) is 5.37. The number of halogens is 2. The zero-order valence-electron chi connectivity index (χ0n) is 8.22. The molecule has 0 aromatic heterocycles. The predicted octanol–water partition coefficient (Wildman–Crippen LogP) is 4.77. The lowest BCUT2D eigenvalue weighted by atomic mass is 10.0. The van der Waals surface area contributed by atoms with Crippen molar-refractivity contribution in [1.82, 2.24) is 0 Å². The molecule has 75 valence electrons. The summed E-state index contributed by atoms with van der Waals surface area (Å²) >= 11 is 12.0. The van der Waals surface area contributed by atoms with Gasteiger partial charge in [-0.15, -0.1) is 0 Å². The maximum Gasteiger partial charge on any atom is 0.0676 e. The van der Waals surface area contributed by atoms with Gasteiger partial charge in [-0.2, -0.15) is 0 Å². The predicted molar refractivity (Wildman–Crippen MR) is 65.5 cm³/mol. The Hall–Kier alpha value is -0.980. The van der Waals surface area contributed by atoms with Crippen LogP contribution in [0, 0.1) is 13.0 Å². The fourth-order valence-corrected chi connectivity index (χ4v) is 1.77. The third kappa shape index (κ3) is 2.17. The average molecular weight is 236 g/mol. The third-order valence-corrected chi connectivity index (χ3v) is 3.03. The van der Waals surface area contributed by atoms with Gasteiger partial charge in [0.1, 0.15) is 0 Å². The molecular weight excluding hydrogens is 227 g/mol. The number of hydrogen-bond donors (Lipinski definition) is 0. The number of rotatable bonds is 1. The summed E-state index contributed by atoms with van der Waals surface area (Å²) in [4.78, 5) is 0. The first-order valence-electron chi connectivity index (χ1n) is 4.61. The first-order chi connectivity index (χ1) is 7.18. The normalized spacial score (nSPS) is 10.3. The van der Waals surface area contributed by atoms with Gasteiger partial charge in [0, 0.05) is 5.56 Å². The Bertz CT molecular complexity index is 472. The van der Waals surface area contributed by atoms with Gasteiger partial charge in [-0.25, -0.2) is 0 Å². The Balaban J connectivity index is 2.54. The van der Waals surface area contributed by atoms with Crippen molar-refractivity contribution >= 4 is 23.2 Å². The molecular formula is C13H9Cl2. The Morgan fingerprint density at radius 3 is 2.33 bits per heavy atom. The van der Waals surface area contributed by atoms with Crippen molar-refractivity contribution in [3.8, 4) is 11.1 Å². The van der Waals surface area contributed by atoms with E-state index >= 15 is 0 Å². The van der Waals surface area contributed by atoms with Gasteiger partial charge in [-0.1, -0.05) is 59.1 Å². The van der Waals surface area contributed by atoms with Crippen LogP contribution in [0.15, 0.2) is 36.4 Å². The highest BCUT2D eigenvalue weighted by Crippen LogP contribution is 2.32. The maximum absolute atomic E-state index is 6.10. The second-order valence-electron chi connectivity index (χ2n) is 3.38. The lowest BCUT2D eigenvalue weighted by molar-refractivity contribution is 1.47. The van der Waals surface area contributed by atoms with E-state index in [1.807, 2.05) is 31.2 Å². The van der Waals surface area contributed by atoms with Gasteiger partial charge in [-0.05, 0) is 24.6 Å². The smallest absolute Gasteiger partial charge is 0.0676 e. The van der Waals surface area contributed by atoms with Gasteiger partial charge in [0.2, 0.25) is 0 Å². The van der Waals surface area contributed by atoms with E-state index in [0.717, 1.165) is 11.1 Å². The van der Waals surface area contributed by atoms with E-state index in [2.05, 4.69) is 6.07 Å². The molecule has 0 aliphatic carbocycles. The highest BCUT2D eigenvalue weighted by atomic mass is 35.5. The van der Waals surface area contributed by atoms with Crippen molar-refractivity contribution in [2.24, 2.45) is 0 Å². The van der Waals surface area contributed by atoms with Crippen LogP contribution in [0.2, 0.25) is 10.0 Å². The summed E-state index contributed by atoms with van der Waals surface area (Å²) in [5, 5.41) is 1.12. The molecule has 2 heteroatoms. The van der Waals surface area contributed by atoms with E-state index in [1.165, 1.54) is 5.56 Å². The lowest BCUT2D eigenvalue weighted by Gasteiger charge is -2.05. The summed E-state index contributed by atoms with van der Waals surface area (Å²) in [5.74, 6) is 0. The SMILES string of the molecule is Cc1ccc(-c2[c]ccc(Cl)c2Cl)cc1. The molecule has 0 aliphatic rings. The lowest BCUT2D eigenvalue weighted by Crippen LogP contribution is -1.81. The quantitative estimate of drug-likeness (QED) is 0.669. The molecule has 0 atom stereocenters. The molecule has 15 heavy (non-hydrogen) atoms. The molecule has 0 saturated heterocycles. The molecule has 0 spiro atoms. The summed E-state index contributed by atoms with van der Waals surface area (Å²) in [7, 11) is 0. The van der Waals surface area contributed by atoms with Crippen molar-refractivity contribution in [2.75, 3.05) is 0 Å². The molecule has 2 rings (SSSR count). The molecule has 0 saturated carbocycles. The van der Waals surface area contributed by atoms with Crippen LogP contribution in [0.4, 0.5) is 0 Å². The van der Waals surface area contributed by atoms with Crippen LogP contribution in [-0.4, -0.2) is 0 Å². The van der Waals surface area contributed by atoms with Crippen molar-refractivity contribution in [2.45, 2.75) is 6.92 Å². The molecule has 0 N–H and O–H groups in total. The van der Waals surface area contributed by atoms with E-state index in [4.69, 9.17) is 23.2 Å². The van der Waals surface area contributed by atoms with E-state index in [1.54, 1.807) is 12.1 Å². The molecule has 2 aromatic carbocycles. The zero-order valence-corrected chi connectivity index (χ0v) is 9.73. The van der Waals surface area contributed by atoms with Crippen molar-refractivity contribution < 1.29 is 0 Å². The fraction of sp³-hybridized carbons (Fsp3) is 0.0769. The van der Waals surface area contributed by atoms with Crippen LogP contribution in [0.3, 0.4) is 0 Å². The number of hydrogen-bond acceptors (Lipinski definition) is 0. The molecule has 0 heterocycles. The monoisotopic (exact) mass is 235 g/mol.